The molecule has 0 radical (unpaired) electrons. The van der Waals surface area contributed by atoms with Gasteiger partial charge in [0, 0.05) is 38.1 Å². The Morgan fingerprint density at radius 3 is 3.06 bits per heavy atom. The van der Waals surface area contributed by atoms with E-state index in [9.17, 15) is 4.79 Å². The highest BCUT2D eigenvalue weighted by Crippen LogP contribution is 2.29. The molecule has 0 aromatic carbocycles. The van der Waals surface area contributed by atoms with Gasteiger partial charge in [-0.05, 0) is 0 Å². The minimum absolute atomic E-state index is 0.200. The van der Waals surface area contributed by atoms with E-state index in [1.807, 2.05) is 0 Å². The van der Waals surface area contributed by atoms with Gasteiger partial charge in [0.2, 0.25) is 0 Å². The highest BCUT2D eigenvalue weighted by Gasteiger charge is 2.33. The van der Waals surface area contributed by atoms with E-state index in [0.717, 1.165) is 24.0 Å². The average molecular weight is 290 g/mol. The van der Waals surface area contributed by atoms with Crippen LogP contribution in [-0.4, -0.2) is 65.8 Å². The van der Waals surface area contributed by atoms with Gasteiger partial charge in [-0.15, -0.1) is 0 Å². The number of carbonyl (C=O) groups excluding carboxylic acids is 1. The Balaban J connectivity index is 1.69. The number of hydrogen-bond donors (Lipinski definition) is 0. The zero-order chi connectivity index (χ0) is 13.0. The maximum absolute atomic E-state index is 11.0. The Hall–Kier alpha value is -0.240. The van der Waals surface area contributed by atoms with E-state index in [1.165, 1.54) is 11.8 Å². The molecule has 5 nitrogen and oxygen atoms in total. The van der Waals surface area contributed by atoms with Crippen molar-refractivity contribution in [3.63, 3.8) is 0 Å². The number of methoxy groups -OCH3 is 1. The molecule has 2 rings (SSSR count). The highest BCUT2D eigenvalue weighted by atomic mass is 32.2. The molecule has 1 unspecified atom stereocenters. The first kappa shape index (κ1) is 14.2. The van der Waals surface area contributed by atoms with Crippen LogP contribution in [-0.2, 0) is 14.3 Å². The van der Waals surface area contributed by atoms with E-state index in [0.29, 0.717) is 18.6 Å². The number of nitrogens with zero attached hydrogens (tertiary/aromatic N) is 2. The Labute approximate surface area is 116 Å². The number of ether oxygens (including phenoxy) is 2. The van der Waals surface area contributed by atoms with E-state index in [-0.39, 0.29) is 11.2 Å². The average Bonchev–Trinajstić information content (AvgIpc) is 2.71. The van der Waals surface area contributed by atoms with Crippen molar-refractivity contribution in [1.82, 2.24) is 4.90 Å². The minimum atomic E-state index is 0.200. The summed E-state index contributed by atoms with van der Waals surface area (Å²) in [5.74, 6) is 0.972. The van der Waals surface area contributed by atoms with Crippen molar-refractivity contribution < 1.29 is 14.3 Å². The molecule has 0 spiro atoms. The second kappa shape index (κ2) is 6.79. The third-order valence-electron chi connectivity index (χ3n) is 2.66. The second-order valence-corrected chi connectivity index (χ2v) is 6.75. The number of hydrogen-bond acceptors (Lipinski definition) is 7. The third kappa shape index (κ3) is 3.88. The van der Waals surface area contributed by atoms with Gasteiger partial charge in [-0.3, -0.25) is 9.79 Å². The van der Waals surface area contributed by atoms with Gasteiger partial charge in [0.25, 0.3) is 0 Å². The van der Waals surface area contributed by atoms with Crippen molar-refractivity contribution >= 4 is 33.8 Å². The van der Waals surface area contributed by atoms with Crippen molar-refractivity contribution in [3.8, 4) is 0 Å². The van der Waals surface area contributed by atoms with Crippen molar-refractivity contribution in [2.75, 3.05) is 39.4 Å². The van der Waals surface area contributed by atoms with Crippen LogP contribution < -0.4 is 0 Å². The Morgan fingerprint density at radius 2 is 2.39 bits per heavy atom. The van der Waals surface area contributed by atoms with Crippen LogP contribution in [0.2, 0.25) is 0 Å². The first-order chi connectivity index (χ1) is 8.69. The summed E-state index contributed by atoms with van der Waals surface area (Å²) in [6.45, 7) is 4.43. The third-order valence-corrected chi connectivity index (χ3v) is 4.80. The smallest absolute Gasteiger partial charge is 0.186 e. The van der Waals surface area contributed by atoms with Gasteiger partial charge >= 0.3 is 0 Å². The van der Waals surface area contributed by atoms with Crippen LogP contribution in [0.15, 0.2) is 4.99 Å². The lowest BCUT2D eigenvalue weighted by atomic mass is 10.2. The SMILES string of the molecule is COCOCC1CSC(N2CC(SC(C)=O)C2)=N1. The van der Waals surface area contributed by atoms with Crippen LogP contribution >= 0.6 is 23.5 Å². The van der Waals surface area contributed by atoms with Gasteiger partial charge in [-0.2, -0.15) is 0 Å². The van der Waals surface area contributed by atoms with E-state index in [2.05, 4.69) is 9.89 Å². The predicted octanol–water partition coefficient (Wildman–Crippen LogP) is 1.04. The molecule has 2 aliphatic rings. The molecule has 2 aliphatic heterocycles. The minimum Gasteiger partial charge on any atom is -0.359 e. The topological polar surface area (TPSA) is 51.1 Å². The summed E-state index contributed by atoms with van der Waals surface area (Å²) in [4.78, 5) is 17.8. The van der Waals surface area contributed by atoms with Crippen LogP contribution in [0, 0.1) is 0 Å². The maximum Gasteiger partial charge on any atom is 0.186 e. The van der Waals surface area contributed by atoms with Gasteiger partial charge in [0.05, 0.1) is 12.6 Å². The second-order valence-electron chi connectivity index (χ2n) is 4.29. The number of likely N-dealkylation sites (tertiary alicyclic amines) is 1. The summed E-state index contributed by atoms with van der Waals surface area (Å²) in [6, 6.07) is 0.236. The molecule has 0 saturated carbocycles. The van der Waals surface area contributed by atoms with E-state index in [4.69, 9.17) is 9.47 Å². The molecule has 7 heteroatoms. The number of amidine groups is 1. The summed E-state index contributed by atoms with van der Waals surface area (Å²) in [5.41, 5.74) is 0. The molecular formula is C11H18N2O3S2. The van der Waals surface area contributed by atoms with Crippen LogP contribution in [0.5, 0.6) is 0 Å². The molecule has 0 bridgehead atoms. The van der Waals surface area contributed by atoms with E-state index < -0.39 is 0 Å². The molecule has 1 fully saturated rings. The molecule has 102 valence electrons. The number of aliphatic imine (C=N–C) groups is 1. The lowest BCUT2D eigenvalue weighted by Crippen LogP contribution is -2.51. The first-order valence-electron chi connectivity index (χ1n) is 5.88. The fraction of sp³-hybridized carbons (Fsp3) is 0.818. The molecule has 0 aromatic rings. The summed E-state index contributed by atoms with van der Waals surface area (Å²) in [6.07, 6.45) is 0. The molecule has 1 atom stereocenters. The molecule has 0 aliphatic carbocycles. The molecule has 2 heterocycles. The van der Waals surface area contributed by atoms with Crippen molar-refractivity contribution in [3.05, 3.63) is 0 Å². The van der Waals surface area contributed by atoms with Crippen LogP contribution in [0.25, 0.3) is 0 Å². The normalized spacial score (nSPS) is 24.0. The number of thioether (sulfide) groups is 2. The zero-order valence-electron chi connectivity index (χ0n) is 10.6. The molecule has 0 aromatic heterocycles. The molecule has 0 N–H and O–H groups in total. The standard InChI is InChI=1S/C11H18N2O3S2/c1-8(14)18-10-3-13(4-10)11-12-9(6-17-11)5-16-7-15-2/h9-10H,3-7H2,1-2H3. The van der Waals surface area contributed by atoms with E-state index >= 15 is 0 Å². The van der Waals surface area contributed by atoms with Crippen molar-refractivity contribution in [2.24, 2.45) is 4.99 Å². The van der Waals surface area contributed by atoms with Gasteiger partial charge in [-0.1, -0.05) is 23.5 Å². The monoisotopic (exact) mass is 290 g/mol. The van der Waals surface area contributed by atoms with Crippen molar-refractivity contribution in [2.45, 2.75) is 18.2 Å². The highest BCUT2D eigenvalue weighted by molar-refractivity contribution is 8.14. The Bertz CT molecular complexity index is 332. The fourth-order valence-corrected chi connectivity index (χ4v) is 3.88. The van der Waals surface area contributed by atoms with Gasteiger partial charge in [0.1, 0.15) is 6.79 Å². The predicted molar refractivity (Wildman–Crippen MR) is 75.1 cm³/mol. The lowest BCUT2D eigenvalue weighted by molar-refractivity contribution is -0.109. The lowest BCUT2D eigenvalue weighted by Gasteiger charge is -2.39. The molecular weight excluding hydrogens is 272 g/mol. The molecule has 0 amide bonds. The quantitative estimate of drug-likeness (QED) is 0.557. The van der Waals surface area contributed by atoms with E-state index in [1.54, 1.807) is 25.8 Å². The Morgan fingerprint density at radius 1 is 1.61 bits per heavy atom. The summed E-state index contributed by atoms with van der Waals surface area (Å²) >= 11 is 3.21. The molecule has 18 heavy (non-hydrogen) atoms. The first-order valence-corrected chi connectivity index (χ1v) is 7.75. The van der Waals surface area contributed by atoms with Crippen LogP contribution in [0.1, 0.15) is 6.92 Å². The number of carbonyl (C=O) groups is 1. The fourth-order valence-electron chi connectivity index (χ4n) is 1.83. The zero-order valence-corrected chi connectivity index (χ0v) is 12.3. The Kier molecular flexibility index (Phi) is 5.35. The van der Waals surface area contributed by atoms with Gasteiger partial charge < -0.3 is 14.4 Å². The molecule has 1 saturated heterocycles. The van der Waals surface area contributed by atoms with Crippen molar-refractivity contribution in [1.29, 1.82) is 0 Å². The number of rotatable bonds is 5. The van der Waals surface area contributed by atoms with Gasteiger partial charge in [0.15, 0.2) is 10.3 Å². The summed E-state index contributed by atoms with van der Waals surface area (Å²) in [5, 5.41) is 1.74. The summed E-state index contributed by atoms with van der Waals surface area (Å²) < 4.78 is 10.1. The van der Waals surface area contributed by atoms with Crippen LogP contribution in [0.4, 0.5) is 0 Å². The largest absolute Gasteiger partial charge is 0.359 e. The van der Waals surface area contributed by atoms with Gasteiger partial charge in [-0.25, -0.2) is 0 Å². The van der Waals surface area contributed by atoms with Crippen LogP contribution in [0.3, 0.4) is 0 Å². The maximum atomic E-state index is 11.0. The summed E-state index contributed by atoms with van der Waals surface area (Å²) in [7, 11) is 1.62.